The quantitative estimate of drug-likeness (QED) is 0.464. The molecule has 1 fully saturated rings. The molecule has 10 nitrogen and oxygen atoms in total. The Hall–Kier alpha value is -3.88. The molecule has 222 valence electrons. The Kier molecular flexibility index (Phi) is 7.95. The van der Waals surface area contributed by atoms with Crippen molar-refractivity contribution in [2.75, 3.05) is 10.7 Å². The van der Waals surface area contributed by atoms with E-state index < -0.39 is 70.1 Å². The monoisotopic (exact) mass is 601 g/mol. The van der Waals surface area contributed by atoms with Gasteiger partial charge >= 0.3 is 12.7 Å². The van der Waals surface area contributed by atoms with E-state index in [0.717, 1.165) is 23.1 Å². The number of nitrogens with zero attached hydrogens (tertiary/aromatic N) is 1. The van der Waals surface area contributed by atoms with Crippen molar-refractivity contribution in [2.24, 2.45) is 0 Å². The van der Waals surface area contributed by atoms with Crippen LogP contribution in [0.2, 0.25) is 0 Å². The Morgan fingerprint density at radius 3 is 2.29 bits per heavy atom. The normalized spacial score (nSPS) is 21.0. The molecule has 15 heteroatoms. The van der Waals surface area contributed by atoms with Crippen molar-refractivity contribution >= 4 is 33.4 Å². The second-order valence-corrected chi connectivity index (χ2v) is 12.6. The number of alkyl halides is 4. The van der Waals surface area contributed by atoms with Crippen LogP contribution in [0.25, 0.3) is 0 Å². The van der Waals surface area contributed by atoms with Gasteiger partial charge in [-0.1, -0.05) is 12.1 Å². The zero-order valence-electron chi connectivity index (χ0n) is 22.1. The van der Waals surface area contributed by atoms with Gasteiger partial charge < -0.3 is 25.0 Å². The van der Waals surface area contributed by atoms with Crippen LogP contribution in [0.1, 0.15) is 43.1 Å². The molecule has 41 heavy (non-hydrogen) atoms. The van der Waals surface area contributed by atoms with Crippen molar-refractivity contribution in [3.63, 3.8) is 0 Å². The van der Waals surface area contributed by atoms with Gasteiger partial charge in [0.25, 0.3) is 17.7 Å². The molecule has 1 heterocycles. The van der Waals surface area contributed by atoms with E-state index in [4.69, 9.17) is 4.74 Å². The first-order valence-corrected chi connectivity index (χ1v) is 14.0. The molecule has 0 saturated heterocycles. The summed E-state index contributed by atoms with van der Waals surface area (Å²) in [6.45, 7) is 1.35. The predicted molar refractivity (Wildman–Crippen MR) is 137 cm³/mol. The third kappa shape index (κ3) is 7.26. The van der Waals surface area contributed by atoms with Gasteiger partial charge in [0.2, 0.25) is 0 Å². The summed E-state index contributed by atoms with van der Waals surface area (Å²) in [5.41, 5.74) is -1.01. The van der Waals surface area contributed by atoms with E-state index in [1.165, 1.54) is 24.3 Å². The minimum absolute atomic E-state index is 0.158. The molecule has 1 aliphatic carbocycles. The SMILES string of the molecule is CC(C)(C)OC(=O)N[C@H]1CS(=O)(=O)c2ccc(C(=O)N[C@@H]3CC3(F)F)cc2N(Cc2ccc(OC(F)F)cc2)C1=O. The predicted octanol–water partition coefficient (Wildman–Crippen LogP) is 3.64. The minimum atomic E-state index is -4.25. The zero-order valence-corrected chi connectivity index (χ0v) is 22.9. The Morgan fingerprint density at radius 2 is 1.73 bits per heavy atom. The number of anilines is 1. The molecule has 2 aromatic carbocycles. The topological polar surface area (TPSA) is 131 Å². The number of nitrogens with one attached hydrogen (secondary N) is 2. The van der Waals surface area contributed by atoms with Crippen LogP contribution in [0.4, 0.5) is 28.0 Å². The van der Waals surface area contributed by atoms with E-state index in [2.05, 4.69) is 15.4 Å². The Bertz CT molecular complexity index is 1460. The fourth-order valence-electron chi connectivity index (χ4n) is 4.11. The van der Waals surface area contributed by atoms with Gasteiger partial charge in [0, 0.05) is 12.0 Å². The number of carbonyl (C=O) groups is 3. The Labute approximate surface area is 232 Å². The van der Waals surface area contributed by atoms with Crippen molar-refractivity contribution in [3.05, 3.63) is 53.6 Å². The molecule has 0 spiro atoms. The lowest BCUT2D eigenvalue weighted by Gasteiger charge is -2.27. The summed E-state index contributed by atoms with van der Waals surface area (Å²) in [4.78, 5) is 39.6. The summed E-state index contributed by atoms with van der Waals surface area (Å²) >= 11 is 0. The Morgan fingerprint density at radius 1 is 1.10 bits per heavy atom. The number of ether oxygens (including phenoxy) is 2. The second kappa shape index (κ2) is 10.8. The lowest BCUT2D eigenvalue weighted by atomic mass is 10.1. The molecule has 2 N–H and O–H groups in total. The summed E-state index contributed by atoms with van der Waals surface area (Å²) in [5, 5.41) is 4.45. The van der Waals surface area contributed by atoms with Crippen molar-refractivity contribution in [1.82, 2.24) is 10.6 Å². The summed E-state index contributed by atoms with van der Waals surface area (Å²) in [6, 6.07) is 5.50. The number of fused-ring (bicyclic) bond motifs is 1. The first kappa shape index (κ1) is 30.1. The fourth-order valence-corrected chi connectivity index (χ4v) is 5.71. The van der Waals surface area contributed by atoms with Crippen molar-refractivity contribution in [2.45, 2.75) is 68.9 Å². The average Bonchev–Trinajstić information content (AvgIpc) is 3.46. The molecular formula is C26H27F4N3O7S. The van der Waals surface area contributed by atoms with E-state index >= 15 is 0 Å². The highest BCUT2D eigenvalue weighted by Gasteiger charge is 2.58. The van der Waals surface area contributed by atoms with Crippen molar-refractivity contribution in [1.29, 1.82) is 0 Å². The van der Waals surface area contributed by atoms with E-state index in [0.29, 0.717) is 5.56 Å². The van der Waals surface area contributed by atoms with Crippen LogP contribution in [-0.4, -0.2) is 62.3 Å². The van der Waals surface area contributed by atoms with Crippen LogP contribution >= 0.6 is 0 Å². The summed E-state index contributed by atoms with van der Waals surface area (Å²) < 4.78 is 88.1. The number of rotatable bonds is 7. The molecule has 0 unspecified atom stereocenters. The van der Waals surface area contributed by atoms with Crippen LogP contribution in [0, 0.1) is 0 Å². The molecule has 2 aromatic rings. The van der Waals surface area contributed by atoms with E-state index in [9.17, 15) is 40.4 Å². The maximum atomic E-state index is 13.7. The molecule has 1 saturated carbocycles. The van der Waals surface area contributed by atoms with Crippen molar-refractivity contribution in [3.8, 4) is 5.75 Å². The van der Waals surface area contributed by atoms with Crippen LogP contribution in [0.15, 0.2) is 47.4 Å². The molecule has 0 aromatic heterocycles. The molecular weight excluding hydrogens is 574 g/mol. The highest BCUT2D eigenvalue weighted by molar-refractivity contribution is 7.91. The van der Waals surface area contributed by atoms with E-state index in [-0.39, 0.29) is 28.4 Å². The van der Waals surface area contributed by atoms with Gasteiger partial charge in [-0.2, -0.15) is 8.78 Å². The lowest BCUT2D eigenvalue weighted by molar-refractivity contribution is -0.120. The maximum Gasteiger partial charge on any atom is 0.408 e. The molecule has 0 radical (unpaired) electrons. The number of hydrogen-bond donors (Lipinski definition) is 2. The first-order chi connectivity index (χ1) is 18.9. The second-order valence-electron chi connectivity index (χ2n) is 10.6. The molecule has 2 aliphatic rings. The standard InChI is InChI=1S/C26H27F4N3O7S/c1-25(2,3)40-24(36)31-17-13-41(37,38)19-9-6-15(21(34)32-20-11-26(20,29)30)10-18(19)33(22(17)35)12-14-4-7-16(8-5-14)39-23(27)28/h4-10,17,20,23H,11-13H2,1-3H3,(H,31,36)(H,32,34)/t17-,20+/m0/s1. The zero-order chi connectivity index (χ0) is 30.3. The molecule has 0 bridgehead atoms. The van der Waals surface area contributed by atoms with Gasteiger partial charge in [-0.3, -0.25) is 9.59 Å². The van der Waals surface area contributed by atoms with Gasteiger partial charge in [-0.15, -0.1) is 0 Å². The number of benzene rings is 2. The number of sulfone groups is 1. The first-order valence-electron chi connectivity index (χ1n) is 12.4. The van der Waals surface area contributed by atoms with Crippen molar-refractivity contribution < 1.29 is 49.8 Å². The number of alkyl carbamates (subject to hydrolysis) is 1. The minimum Gasteiger partial charge on any atom is -0.444 e. The lowest BCUT2D eigenvalue weighted by Crippen LogP contribution is -2.51. The molecule has 4 rings (SSSR count). The number of hydrogen-bond acceptors (Lipinski definition) is 7. The molecule has 3 amide bonds. The van der Waals surface area contributed by atoms with Crippen LogP contribution in [-0.2, 0) is 25.9 Å². The highest BCUT2D eigenvalue weighted by Crippen LogP contribution is 2.42. The number of halogens is 4. The van der Waals surface area contributed by atoms with E-state index in [1.807, 2.05) is 0 Å². The van der Waals surface area contributed by atoms with Gasteiger partial charge in [-0.05, 0) is 56.7 Å². The van der Waals surface area contributed by atoms with Crippen LogP contribution in [0.5, 0.6) is 5.75 Å². The van der Waals surface area contributed by atoms with Gasteiger partial charge in [0.15, 0.2) is 9.84 Å². The van der Waals surface area contributed by atoms with E-state index in [1.54, 1.807) is 20.8 Å². The van der Waals surface area contributed by atoms with Crippen LogP contribution < -0.4 is 20.3 Å². The fraction of sp³-hybridized carbons (Fsp3) is 0.423. The van der Waals surface area contributed by atoms with Crippen LogP contribution in [0.3, 0.4) is 0 Å². The van der Waals surface area contributed by atoms with Gasteiger partial charge in [0.05, 0.1) is 28.9 Å². The Balaban J connectivity index is 1.72. The third-order valence-electron chi connectivity index (χ3n) is 6.11. The third-order valence-corrected chi connectivity index (χ3v) is 7.90. The smallest absolute Gasteiger partial charge is 0.408 e. The molecule has 1 aliphatic heterocycles. The highest BCUT2D eigenvalue weighted by atomic mass is 32.2. The largest absolute Gasteiger partial charge is 0.444 e. The van der Waals surface area contributed by atoms with Gasteiger partial charge in [0.1, 0.15) is 17.4 Å². The summed E-state index contributed by atoms with van der Waals surface area (Å²) in [5.74, 6) is -5.82. The molecule has 2 atom stereocenters. The number of carbonyl (C=O) groups excluding carboxylic acids is 3. The van der Waals surface area contributed by atoms with Gasteiger partial charge in [-0.25, -0.2) is 22.0 Å². The summed E-state index contributed by atoms with van der Waals surface area (Å²) in [7, 11) is -4.25. The number of amides is 3. The average molecular weight is 602 g/mol. The maximum absolute atomic E-state index is 13.7. The summed E-state index contributed by atoms with van der Waals surface area (Å²) in [6.07, 6.45) is -1.58.